The Balaban J connectivity index is 1.23. The summed E-state index contributed by atoms with van der Waals surface area (Å²) in [5.41, 5.74) is 2.13. The summed E-state index contributed by atoms with van der Waals surface area (Å²) in [6.07, 6.45) is 3.42. The van der Waals surface area contributed by atoms with Crippen LogP contribution in [0.4, 0.5) is 5.69 Å². The number of carbonyl (C=O) groups is 3. The van der Waals surface area contributed by atoms with Gasteiger partial charge in [0.1, 0.15) is 0 Å². The van der Waals surface area contributed by atoms with Crippen LogP contribution in [0.25, 0.3) is 0 Å². The lowest BCUT2D eigenvalue weighted by Crippen LogP contribution is -2.48. The van der Waals surface area contributed by atoms with E-state index >= 15 is 0 Å². The Kier molecular flexibility index (Phi) is 6.87. The minimum atomic E-state index is -0.663. The molecule has 1 aromatic carbocycles. The third-order valence-electron chi connectivity index (χ3n) is 6.91. The predicted octanol–water partition coefficient (Wildman–Crippen LogP) is 1.17. The lowest BCUT2D eigenvalue weighted by molar-refractivity contribution is -0.143. The molecule has 31 heavy (non-hydrogen) atoms. The number of hydrogen-bond acceptors (Lipinski definition) is 6. The molecule has 3 saturated heterocycles. The molecule has 4 rings (SSSR count). The molecular formula is C23H32N4O4. The highest BCUT2D eigenvalue weighted by Gasteiger charge is 2.29. The quantitative estimate of drug-likeness (QED) is 0.585. The van der Waals surface area contributed by atoms with Crippen LogP contribution in [0.15, 0.2) is 24.3 Å². The number of amides is 2. The highest BCUT2D eigenvalue weighted by atomic mass is 16.4. The summed E-state index contributed by atoms with van der Waals surface area (Å²) in [4.78, 5) is 39.5. The minimum absolute atomic E-state index is 0.184. The number of nitrogens with one attached hydrogen (secondary N) is 2. The summed E-state index contributed by atoms with van der Waals surface area (Å²) in [6, 6.07) is 8.47. The number of carbonyl (C=O) groups excluding carboxylic acids is 2. The first-order chi connectivity index (χ1) is 15.0. The van der Waals surface area contributed by atoms with Gasteiger partial charge in [0, 0.05) is 44.3 Å². The van der Waals surface area contributed by atoms with Gasteiger partial charge in [0.15, 0.2) is 0 Å². The molecule has 3 unspecified atom stereocenters. The van der Waals surface area contributed by atoms with Crippen molar-refractivity contribution in [1.82, 2.24) is 15.5 Å². The number of imide groups is 1. The van der Waals surface area contributed by atoms with Crippen molar-refractivity contribution in [2.75, 3.05) is 44.2 Å². The molecule has 0 aromatic heterocycles. The van der Waals surface area contributed by atoms with E-state index in [9.17, 15) is 19.5 Å². The van der Waals surface area contributed by atoms with E-state index < -0.39 is 5.97 Å². The van der Waals surface area contributed by atoms with Crippen molar-refractivity contribution < 1.29 is 19.5 Å². The third-order valence-corrected chi connectivity index (χ3v) is 6.91. The number of aliphatic carboxylic acids is 1. The zero-order valence-electron chi connectivity index (χ0n) is 17.9. The summed E-state index contributed by atoms with van der Waals surface area (Å²) in [5.74, 6) is -1.48. The molecular weight excluding hydrogens is 396 g/mol. The summed E-state index contributed by atoms with van der Waals surface area (Å²) in [6.45, 7) is 5.67. The topological polar surface area (TPSA) is 102 Å². The molecule has 3 heterocycles. The van der Waals surface area contributed by atoms with Crippen molar-refractivity contribution in [1.29, 1.82) is 0 Å². The second-order valence-electron chi connectivity index (χ2n) is 8.92. The monoisotopic (exact) mass is 428 g/mol. The van der Waals surface area contributed by atoms with Gasteiger partial charge in [-0.25, -0.2) is 0 Å². The number of nitrogens with zero attached hydrogens (tertiary/aromatic N) is 2. The highest BCUT2D eigenvalue weighted by molar-refractivity contribution is 6.00. The van der Waals surface area contributed by atoms with Crippen LogP contribution < -0.4 is 15.5 Å². The van der Waals surface area contributed by atoms with E-state index in [-0.39, 0.29) is 23.7 Å². The van der Waals surface area contributed by atoms with Crippen LogP contribution >= 0.6 is 0 Å². The maximum absolute atomic E-state index is 12.1. The van der Waals surface area contributed by atoms with Crippen LogP contribution in [0.3, 0.4) is 0 Å². The fourth-order valence-corrected chi connectivity index (χ4v) is 4.95. The van der Waals surface area contributed by atoms with Gasteiger partial charge >= 0.3 is 5.97 Å². The lowest BCUT2D eigenvalue weighted by atomic mass is 9.90. The van der Waals surface area contributed by atoms with E-state index in [1.165, 1.54) is 0 Å². The Morgan fingerprint density at radius 2 is 1.81 bits per heavy atom. The zero-order chi connectivity index (χ0) is 21.8. The first-order valence-electron chi connectivity index (χ1n) is 11.4. The molecule has 3 aliphatic heterocycles. The molecule has 8 nitrogen and oxygen atoms in total. The fourth-order valence-electron chi connectivity index (χ4n) is 4.95. The number of carboxylic acid groups (broad SMARTS) is 1. The minimum Gasteiger partial charge on any atom is -0.481 e. The predicted molar refractivity (Wildman–Crippen MR) is 117 cm³/mol. The zero-order valence-corrected chi connectivity index (χ0v) is 17.9. The van der Waals surface area contributed by atoms with Crippen LogP contribution in [-0.2, 0) is 14.4 Å². The molecule has 3 fully saturated rings. The smallest absolute Gasteiger partial charge is 0.306 e. The van der Waals surface area contributed by atoms with Crippen molar-refractivity contribution in [3.05, 3.63) is 29.8 Å². The summed E-state index contributed by atoms with van der Waals surface area (Å²) >= 11 is 0. The first-order valence-corrected chi connectivity index (χ1v) is 11.4. The van der Waals surface area contributed by atoms with Gasteiger partial charge in [-0.15, -0.1) is 0 Å². The molecule has 8 heteroatoms. The number of anilines is 1. The molecule has 0 spiro atoms. The molecule has 1 aromatic rings. The Morgan fingerprint density at radius 1 is 1.06 bits per heavy atom. The number of piperidine rings is 2. The van der Waals surface area contributed by atoms with Crippen LogP contribution in [0.1, 0.15) is 43.6 Å². The van der Waals surface area contributed by atoms with E-state index in [0.717, 1.165) is 69.8 Å². The van der Waals surface area contributed by atoms with Gasteiger partial charge in [0.25, 0.3) is 0 Å². The van der Waals surface area contributed by atoms with Gasteiger partial charge in [-0.2, -0.15) is 0 Å². The first kappa shape index (κ1) is 21.8. The van der Waals surface area contributed by atoms with Crippen molar-refractivity contribution >= 4 is 23.5 Å². The van der Waals surface area contributed by atoms with Gasteiger partial charge in [-0.05, 0) is 56.5 Å². The van der Waals surface area contributed by atoms with Crippen molar-refractivity contribution in [2.45, 2.75) is 44.1 Å². The average molecular weight is 429 g/mol. The summed E-state index contributed by atoms with van der Waals surface area (Å²) in [7, 11) is 0. The fraction of sp³-hybridized carbons (Fsp3) is 0.609. The molecule has 0 aliphatic carbocycles. The molecule has 2 amide bonds. The van der Waals surface area contributed by atoms with Crippen LogP contribution in [0, 0.1) is 5.92 Å². The van der Waals surface area contributed by atoms with E-state index in [0.29, 0.717) is 18.9 Å². The third kappa shape index (κ3) is 5.43. The molecule has 0 saturated carbocycles. The van der Waals surface area contributed by atoms with Crippen molar-refractivity contribution in [2.24, 2.45) is 5.92 Å². The van der Waals surface area contributed by atoms with Gasteiger partial charge < -0.3 is 15.3 Å². The number of rotatable bonds is 6. The van der Waals surface area contributed by atoms with E-state index in [2.05, 4.69) is 32.6 Å². The largest absolute Gasteiger partial charge is 0.481 e. The molecule has 0 radical (unpaired) electrons. The van der Waals surface area contributed by atoms with Gasteiger partial charge in [-0.1, -0.05) is 12.1 Å². The summed E-state index contributed by atoms with van der Waals surface area (Å²) in [5, 5.41) is 15.1. The van der Waals surface area contributed by atoms with Crippen molar-refractivity contribution in [3.8, 4) is 0 Å². The number of hydrogen-bond donors (Lipinski definition) is 3. The van der Waals surface area contributed by atoms with E-state index in [1.807, 2.05) is 12.1 Å². The molecule has 168 valence electrons. The Labute approximate surface area is 183 Å². The number of benzene rings is 1. The van der Waals surface area contributed by atoms with Gasteiger partial charge in [-0.3, -0.25) is 24.6 Å². The molecule has 0 bridgehead atoms. The molecule has 3 aliphatic rings. The lowest BCUT2D eigenvalue weighted by Gasteiger charge is -2.37. The van der Waals surface area contributed by atoms with Crippen molar-refractivity contribution in [3.63, 3.8) is 0 Å². The maximum atomic E-state index is 12.1. The Morgan fingerprint density at radius 3 is 2.48 bits per heavy atom. The van der Waals surface area contributed by atoms with E-state index in [4.69, 9.17) is 0 Å². The SMILES string of the molecule is O=C1CCC(c2ccc(N3CCN(CCC4CC(C(=O)O)CCN4)CC3)cc2)C(=O)N1. The van der Waals surface area contributed by atoms with Crippen LogP contribution in [0.2, 0.25) is 0 Å². The standard InChI is InChI=1S/C23H32N4O4/c28-21-6-5-20(22(29)25-21)16-1-3-19(4-2-16)27-13-11-26(12-14-27)10-8-18-15-17(23(30)31)7-9-24-18/h1-4,17-18,20,24H,5-15H2,(H,30,31)(H,25,28,29). The molecule has 3 N–H and O–H groups in total. The number of carboxylic acids is 1. The second-order valence-corrected chi connectivity index (χ2v) is 8.92. The second kappa shape index (κ2) is 9.78. The number of piperazine rings is 1. The Bertz CT molecular complexity index is 804. The van der Waals surface area contributed by atoms with Crippen LogP contribution in [-0.4, -0.2) is 73.1 Å². The average Bonchev–Trinajstić information content (AvgIpc) is 2.78. The van der Waals surface area contributed by atoms with Gasteiger partial charge in [0.2, 0.25) is 11.8 Å². The highest BCUT2D eigenvalue weighted by Crippen LogP contribution is 2.27. The van der Waals surface area contributed by atoms with Crippen LogP contribution in [0.5, 0.6) is 0 Å². The van der Waals surface area contributed by atoms with Gasteiger partial charge in [0.05, 0.1) is 11.8 Å². The molecule has 3 atom stereocenters. The maximum Gasteiger partial charge on any atom is 0.306 e. The summed E-state index contributed by atoms with van der Waals surface area (Å²) < 4.78 is 0. The normalized spacial score (nSPS) is 27.7. The Hall–Kier alpha value is -2.45. The van der Waals surface area contributed by atoms with E-state index in [1.54, 1.807) is 0 Å².